The molecule has 1 N–H and O–H groups in total. The van der Waals surface area contributed by atoms with Gasteiger partial charge in [-0.1, -0.05) is 0 Å². The molecule has 1 amide bonds. The number of hydrogen-bond acceptors (Lipinski definition) is 3. The van der Waals surface area contributed by atoms with Crippen LogP contribution in [-0.2, 0) is 11.3 Å². The Kier molecular flexibility index (Phi) is 4.09. The summed E-state index contributed by atoms with van der Waals surface area (Å²) in [5, 5.41) is 2.68. The number of nitrogens with zero attached hydrogens (tertiary/aromatic N) is 1. The first-order chi connectivity index (χ1) is 7.09. The molecular formula is C11H16N2O2. The Bertz CT molecular complexity index is 337. The number of alkyl carbamates (subject to hydrolysis) is 1. The van der Waals surface area contributed by atoms with Gasteiger partial charge in [0.05, 0.1) is 6.10 Å². The Morgan fingerprint density at radius 1 is 1.60 bits per heavy atom. The van der Waals surface area contributed by atoms with Crippen molar-refractivity contribution in [2.24, 2.45) is 0 Å². The molecule has 1 rings (SSSR count). The van der Waals surface area contributed by atoms with E-state index in [1.807, 2.05) is 26.8 Å². The first-order valence-electron chi connectivity index (χ1n) is 4.93. The fourth-order valence-electron chi connectivity index (χ4n) is 1.12. The smallest absolute Gasteiger partial charge is 0.407 e. The summed E-state index contributed by atoms with van der Waals surface area (Å²) < 4.78 is 4.95. The minimum Gasteiger partial charge on any atom is -0.447 e. The Morgan fingerprint density at radius 3 is 2.93 bits per heavy atom. The van der Waals surface area contributed by atoms with Crippen LogP contribution in [0, 0.1) is 6.92 Å². The quantitative estimate of drug-likeness (QED) is 0.826. The molecule has 0 aliphatic heterocycles. The Hall–Kier alpha value is -1.58. The highest BCUT2D eigenvalue weighted by atomic mass is 16.6. The maximum atomic E-state index is 11.2. The maximum absolute atomic E-state index is 11.2. The molecule has 15 heavy (non-hydrogen) atoms. The van der Waals surface area contributed by atoms with Gasteiger partial charge in [0.2, 0.25) is 0 Å². The number of carbonyl (C=O) groups is 1. The molecule has 82 valence electrons. The lowest BCUT2D eigenvalue weighted by molar-refractivity contribution is 0.115. The first kappa shape index (κ1) is 11.5. The topological polar surface area (TPSA) is 51.2 Å². The van der Waals surface area contributed by atoms with Gasteiger partial charge < -0.3 is 10.1 Å². The van der Waals surface area contributed by atoms with Crippen molar-refractivity contribution < 1.29 is 9.53 Å². The van der Waals surface area contributed by atoms with E-state index in [2.05, 4.69) is 10.3 Å². The largest absolute Gasteiger partial charge is 0.447 e. The molecular weight excluding hydrogens is 192 g/mol. The van der Waals surface area contributed by atoms with Crippen molar-refractivity contribution in [3.63, 3.8) is 0 Å². The van der Waals surface area contributed by atoms with E-state index in [1.54, 1.807) is 12.4 Å². The van der Waals surface area contributed by atoms with E-state index in [0.29, 0.717) is 6.54 Å². The summed E-state index contributed by atoms with van der Waals surface area (Å²) in [5.74, 6) is 0. The molecule has 0 fully saturated rings. The zero-order valence-corrected chi connectivity index (χ0v) is 9.28. The molecule has 0 saturated carbocycles. The normalized spacial score (nSPS) is 10.1. The van der Waals surface area contributed by atoms with Gasteiger partial charge >= 0.3 is 6.09 Å². The number of aryl methyl sites for hydroxylation is 1. The van der Waals surface area contributed by atoms with Crippen LogP contribution in [0.2, 0.25) is 0 Å². The fourth-order valence-corrected chi connectivity index (χ4v) is 1.12. The molecule has 0 aliphatic carbocycles. The molecule has 1 aromatic rings. The Labute approximate surface area is 89.7 Å². The summed E-state index contributed by atoms with van der Waals surface area (Å²) in [6.07, 6.45) is 2.99. The summed E-state index contributed by atoms with van der Waals surface area (Å²) >= 11 is 0. The number of carbonyl (C=O) groups excluding carboxylic acids is 1. The molecule has 0 unspecified atom stereocenters. The van der Waals surface area contributed by atoms with E-state index in [9.17, 15) is 4.79 Å². The summed E-state index contributed by atoms with van der Waals surface area (Å²) in [7, 11) is 0. The highest BCUT2D eigenvalue weighted by Gasteiger charge is 2.05. The molecule has 0 atom stereocenters. The van der Waals surface area contributed by atoms with Crippen LogP contribution in [0.15, 0.2) is 18.5 Å². The molecule has 0 saturated heterocycles. The molecule has 0 aromatic carbocycles. The van der Waals surface area contributed by atoms with Gasteiger partial charge in [-0.15, -0.1) is 0 Å². The van der Waals surface area contributed by atoms with E-state index in [-0.39, 0.29) is 12.2 Å². The average molecular weight is 208 g/mol. The van der Waals surface area contributed by atoms with Gasteiger partial charge in [0, 0.05) is 18.9 Å². The molecule has 0 aliphatic rings. The monoisotopic (exact) mass is 208 g/mol. The second-order valence-corrected chi connectivity index (χ2v) is 3.61. The highest BCUT2D eigenvalue weighted by Crippen LogP contribution is 2.04. The fraction of sp³-hybridized carbons (Fsp3) is 0.455. The summed E-state index contributed by atoms with van der Waals surface area (Å²) in [4.78, 5) is 15.2. The van der Waals surface area contributed by atoms with Gasteiger partial charge in [-0.3, -0.25) is 4.98 Å². The molecule has 0 spiro atoms. The third-order valence-electron chi connectivity index (χ3n) is 1.90. The lowest BCUT2D eigenvalue weighted by atomic mass is 10.2. The van der Waals surface area contributed by atoms with Crippen molar-refractivity contribution in [1.82, 2.24) is 10.3 Å². The van der Waals surface area contributed by atoms with E-state index < -0.39 is 0 Å². The second kappa shape index (κ2) is 5.34. The van der Waals surface area contributed by atoms with Crippen LogP contribution < -0.4 is 5.32 Å². The zero-order chi connectivity index (χ0) is 11.3. The van der Waals surface area contributed by atoms with Gasteiger partial charge in [-0.2, -0.15) is 0 Å². The van der Waals surface area contributed by atoms with Crippen molar-refractivity contribution >= 4 is 6.09 Å². The maximum Gasteiger partial charge on any atom is 0.407 e. The SMILES string of the molecule is Cc1cnccc1CNC(=O)OC(C)C. The van der Waals surface area contributed by atoms with Crippen molar-refractivity contribution in [2.45, 2.75) is 33.4 Å². The highest BCUT2D eigenvalue weighted by molar-refractivity contribution is 5.67. The Morgan fingerprint density at radius 2 is 2.33 bits per heavy atom. The molecule has 0 bridgehead atoms. The van der Waals surface area contributed by atoms with Crippen LogP contribution in [0.3, 0.4) is 0 Å². The van der Waals surface area contributed by atoms with Crippen LogP contribution in [-0.4, -0.2) is 17.2 Å². The van der Waals surface area contributed by atoms with Crippen molar-refractivity contribution in [2.75, 3.05) is 0 Å². The van der Waals surface area contributed by atoms with Crippen LogP contribution >= 0.6 is 0 Å². The predicted molar refractivity (Wildman–Crippen MR) is 57.4 cm³/mol. The van der Waals surface area contributed by atoms with E-state index >= 15 is 0 Å². The predicted octanol–water partition coefficient (Wildman–Crippen LogP) is 2.02. The van der Waals surface area contributed by atoms with Gasteiger partial charge in [-0.05, 0) is 38.0 Å². The van der Waals surface area contributed by atoms with E-state index in [1.165, 1.54) is 0 Å². The lowest BCUT2D eigenvalue weighted by Crippen LogP contribution is -2.26. The van der Waals surface area contributed by atoms with Crippen LogP contribution in [0.25, 0.3) is 0 Å². The Balaban J connectivity index is 2.44. The van der Waals surface area contributed by atoms with Gasteiger partial charge in [0.25, 0.3) is 0 Å². The third-order valence-corrected chi connectivity index (χ3v) is 1.90. The van der Waals surface area contributed by atoms with E-state index in [4.69, 9.17) is 4.74 Å². The molecule has 4 heteroatoms. The minimum atomic E-state index is -0.388. The van der Waals surface area contributed by atoms with Gasteiger partial charge in [-0.25, -0.2) is 4.79 Å². The third kappa shape index (κ3) is 3.97. The van der Waals surface area contributed by atoms with E-state index in [0.717, 1.165) is 11.1 Å². The number of ether oxygens (including phenoxy) is 1. The molecule has 1 heterocycles. The van der Waals surface area contributed by atoms with Crippen molar-refractivity contribution in [1.29, 1.82) is 0 Å². The minimum absolute atomic E-state index is 0.0939. The van der Waals surface area contributed by atoms with Crippen LogP contribution in [0.4, 0.5) is 4.79 Å². The standard InChI is InChI=1S/C11H16N2O2/c1-8(2)15-11(14)13-7-10-4-5-12-6-9(10)3/h4-6,8H,7H2,1-3H3,(H,13,14). The number of aromatic nitrogens is 1. The average Bonchev–Trinajstić information content (AvgIpc) is 2.15. The van der Waals surface area contributed by atoms with Crippen molar-refractivity contribution in [3.8, 4) is 0 Å². The summed E-state index contributed by atoms with van der Waals surface area (Å²) in [6.45, 7) is 6.06. The summed E-state index contributed by atoms with van der Waals surface area (Å²) in [6, 6.07) is 1.88. The second-order valence-electron chi connectivity index (χ2n) is 3.61. The van der Waals surface area contributed by atoms with Gasteiger partial charge in [0.1, 0.15) is 0 Å². The van der Waals surface area contributed by atoms with Crippen molar-refractivity contribution in [3.05, 3.63) is 29.6 Å². The number of pyridine rings is 1. The number of rotatable bonds is 3. The first-order valence-corrected chi connectivity index (χ1v) is 4.93. The van der Waals surface area contributed by atoms with Crippen LogP contribution in [0.1, 0.15) is 25.0 Å². The number of hydrogen-bond donors (Lipinski definition) is 1. The van der Waals surface area contributed by atoms with Crippen LogP contribution in [0.5, 0.6) is 0 Å². The molecule has 0 radical (unpaired) electrons. The molecule has 1 aromatic heterocycles. The number of nitrogens with one attached hydrogen (secondary N) is 1. The zero-order valence-electron chi connectivity index (χ0n) is 9.28. The summed E-state index contributed by atoms with van der Waals surface area (Å²) in [5.41, 5.74) is 2.10. The number of amides is 1. The molecule has 4 nitrogen and oxygen atoms in total. The lowest BCUT2D eigenvalue weighted by Gasteiger charge is -2.10. The van der Waals surface area contributed by atoms with Gasteiger partial charge in [0.15, 0.2) is 0 Å².